The van der Waals surface area contributed by atoms with Gasteiger partial charge < -0.3 is 9.47 Å². The van der Waals surface area contributed by atoms with Crippen LogP contribution < -0.4 is 9.47 Å². The molecule has 0 spiro atoms. The van der Waals surface area contributed by atoms with Crippen LogP contribution in [-0.4, -0.2) is 12.1 Å². The average molecular weight is 219 g/mol. The molecule has 2 aromatic rings. The van der Waals surface area contributed by atoms with Crippen LogP contribution in [0.1, 0.15) is 0 Å². The Morgan fingerprint density at radius 2 is 1.81 bits per heavy atom. The summed E-state index contributed by atoms with van der Waals surface area (Å²) in [5.41, 5.74) is 0. The molecule has 0 unspecified atom stereocenters. The van der Waals surface area contributed by atoms with Crippen LogP contribution in [0.2, 0.25) is 0 Å². The largest absolute Gasteiger partial charge is 0.497 e. The summed E-state index contributed by atoms with van der Waals surface area (Å²) < 4.78 is 23.2. The zero-order valence-corrected chi connectivity index (χ0v) is 8.68. The molecule has 0 saturated heterocycles. The molecule has 0 bridgehead atoms. The summed E-state index contributed by atoms with van der Waals surface area (Å²) in [4.78, 5) is 3.59. The first kappa shape index (κ1) is 10.4. The van der Waals surface area contributed by atoms with E-state index in [1.165, 1.54) is 12.1 Å². The molecule has 0 N–H and O–H groups in total. The fraction of sp³-hybridized carbons (Fsp3) is 0.0833. The first-order chi connectivity index (χ1) is 7.78. The molecule has 4 heteroatoms. The number of pyridine rings is 1. The lowest BCUT2D eigenvalue weighted by atomic mass is 10.3. The smallest absolute Gasteiger partial charge is 0.221 e. The van der Waals surface area contributed by atoms with Crippen LogP contribution in [-0.2, 0) is 0 Å². The summed E-state index contributed by atoms with van der Waals surface area (Å²) in [5.74, 6) is 0.875. The van der Waals surface area contributed by atoms with Crippen LogP contribution in [0.25, 0.3) is 0 Å². The Morgan fingerprint density at radius 1 is 1.06 bits per heavy atom. The van der Waals surface area contributed by atoms with E-state index in [4.69, 9.17) is 9.47 Å². The van der Waals surface area contributed by atoms with Gasteiger partial charge in [-0.3, -0.25) is 0 Å². The molecule has 0 atom stereocenters. The number of hydrogen-bond donors (Lipinski definition) is 0. The van der Waals surface area contributed by atoms with Gasteiger partial charge in [-0.15, -0.1) is 0 Å². The number of rotatable bonds is 3. The maximum Gasteiger partial charge on any atom is 0.221 e. The molecule has 0 saturated carbocycles. The van der Waals surface area contributed by atoms with Crippen LogP contribution in [0.3, 0.4) is 0 Å². The number of hydrogen-bond acceptors (Lipinski definition) is 3. The Morgan fingerprint density at radius 3 is 2.56 bits per heavy atom. The van der Waals surface area contributed by atoms with Crippen LogP contribution in [0.5, 0.6) is 17.4 Å². The highest BCUT2D eigenvalue weighted by Gasteiger charge is 2.01. The minimum absolute atomic E-state index is 0.216. The van der Waals surface area contributed by atoms with Gasteiger partial charge in [0, 0.05) is 12.1 Å². The molecule has 0 fully saturated rings. The van der Waals surface area contributed by atoms with Crippen LogP contribution in [0, 0.1) is 5.95 Å². The second-order valence-corrected chi connectivity index (χ2v) is 3.08. The minimum atomic E-state index is -0.569. The predicted octanol–water partition coefficient (Wildman–Crippen LogP) is 3.02. The lowest BCUT2D eigenvalue weighted by Crippen LogP contribution is -1.90. The normalized spacial score (nSPS) is 9.88. The van der Waals surface area contributed by atoms with Crippen molar-refractivity contribution in [3.05, 3.63) is 48.4 Å². The minimum Gasteiger partial charge on any atom is -0.497 e. The number of benzene rings is 1. The van der Waals surface area contributed by atoms with Crippen molar-refractivity contribution >= 4 is 0 Å². The van der Waals surface area contributed by atoms with E-state index in [0.29, 0.717) is 11.5 Å². The van der Waals surface area contributed by atoms with Gasteiger partial charge in [0.1, 0.15) is 11.5 Å². The maximum atomic E-state index is 12.8. The standard InChI is InChI=1S/C12H10FNO2/c1-15-9-4-2-5-10(8-9)16-12-7-3-6-11(13)14-12/h2-8H,1H3. The Balaban J connectivity index is 2.20. The third kappa shape index (κ3) is 2.48. The van der Waals surface area contributed by atoms with Gasteiger partial charge in [0.2, 0.25) is 11.8 Å². The third-order valence-corrected chi connectivity index (χ3v) is 1.95. The van der Waals surface area contributed by atoms with E-state index in [2.05, 4.69) is 4.98 Å². The summed E-state index contributed by atoms with van der Waals surface area (Å²) >= 11 is 0. The van der Waals surface area contributed by atoms with Gasteiger partial charge in [0.25, 0.3) is 0 Å². The highest BCUT2D eigenvalue weighted by Crippen LogP contribution is 2.23. The Hall–Kier alpha value is -2.10. The number of nitrogens with zero attached hydrogens (tertiary/aromatic N) is 1. The van der Waals surface area contributed by atoms with E-state index < -0.39 is 5.95 Å². The van der Waals surface area contributed by atoms with E-state index in [9.17, 15) is 4.39 Å². The van der Waals surface area contributed by atoms with Crippen molar-refractivity contribution in [1.29, 1.82) is 0 Å². The fourth-order valence-corrected chi connectivity index (χ4v) is 1.23. The molecule has 0 amide bonds. The number of methoxy groups -OCH3 is 1. The van der Waals surface area contributed by atoms with E-state index in [0.717, 1.165) is 0 Å². The monoisotopic (exact) mass is 219 g/mol. The topological polar surface area (TPSA) is 31.4 Å². The van der Waals surface area contributed by atoms with Crippen molar-refractivity contribution in [2.75, 3.05) is 7.11 Å². The van der Waals surface area contributed by atoms with Crippen molar-refractivity contribution in [3.63, 3.8) is 0 Å². The quantitative estimate of drug-likeness (QED) is 0.743. The summed E-state index contributed by atoms with van der Waals surface area (Å²) in [7, 11) is 1.57. The molecule has 1 heterocycles. The SMILES string of the molecule is COc1cccc(Oc2cccc(F)n2)c1. The Labute approximate surface area is 92.5 Å². The molecule has 1 aromatic carbocycles. The van der Waals surface area contributed by atoms with Gasteiger partial charge in [0.05, 0.1) is 7.11 Å². The molecule has 0 radical (unpaired) electrons. The van der Waals surface area contributed by atoms with E-state index >= 15 is 0 Å². The molecule has 16 heavy (non-hydrogen) atoms. The van der Waals surface area contributed by atoms with Crippen LogP contribution in [0.15, 0.2) is 42.5 Å². The van der Waals surface area contributed by atoms with Gasteiger partial charge >= 0.3 is 0 Å². The fourth-order valence-electron chi connectivity index (χ4n) is 1.23. The molecule has 0 aliphatic rings. The van der Waals surface area contributed by atoms with E-state index in [-0.39, 0.29) is 5.88 Å². The van der Waals surface area contributed by atoms with E-state index in [1.54, 1.807) is 37.4 Å². The molecule has 2 rings (SSSR count). The molecule has 0 aliphatic heterocycles. The van der Waals surface area contributed by atoms with Gasteiger partial charge in [0.15, 0.2) is 0 Å². The van der Waals surface area contributed by atoms with Crippen molar-refractivity contribution in [2.45, 2.75) is 0 Å². The summed E-state index contributed by atoms with van der Waals surface area (Å²) in [6, 6.07) is 11.4. The molecule has 82 valence electrons. The predicted molar refractivity (Wildman–Crippen MR) is 57.3 cm³/mol. The highest BCUT2D eigenvalue weighted by molar-refractivity contribution is 5.35. The number of halogens is 1. The lowest BCUT2D eigenvalue weighted by Gasteiger charge is -2.05. The van der Waals surface area contributed by atoms with Crippen LogP contribution >= 0.6 is 0 Å². The number of aromatic nitrogens is 1. The second-order valence-electron chi connectivity index (χ2n) is 3.08. The van der Waals surface area contributed by atoms with Crippen LogP contribution in [0.4, 0.5) is 4.39 Å². The zero-order chi connectivity index (χ0) is 11.4. The summed E-state index contributed by atoms with van der Waals surface area (Å²) in [6.07, 6.45) is 0. The summed E-state index contributed by atoms with van der Waals surface area (Å²) in [6.45, 7) is 0. The van der Waals surface area contributed by atoms with Crippen molar-refractivity contribution < 1.29 is 13.9 Å². The first-order valence-corrected chi connectivity index (χ1v) is 4.72. The van der Waals surface area contributed by atoms with Crippen molar-refractivity contribution in [2.24, 2.45) is 0 Å². The molecule has 1 aromatic heterocycles. The maximum absolute atomic E-state index is 12.8. The number of ether oxygens (including phenoxy) is 2. The van der Waals surface area contributed by atoms with E-state index in [1.807, 2.05) is 0 Å². The van der Waals surface area contributed by atoms with Gasteiger partial charge in [-0.1, -0.05) is 12.1 Å². The van der Waals surface area contributed by atoms with Crippen molar-refractivity contribution in [3.8, 4) is 17.4 Å². The first-order valence-electron chi connectivity index (χ1n) is 4.72. The average Bonchev–Trinajstić information content (AvgIpc) is 2.29. The molecule has 3 nitrogen and oxygen atoms in total. The highest BCUT2D eigenvalue weighted by atomic mass is 19.1. The van der Waals surface area contributed by atoms with Crippen molar-refractivity contribution in [1.82, 2.24) is 4.98 Å². The Bertz CT molecular complexity index is 488. The van der Waals surface area contributed by atoms with Gasteiger partial charge in [-0.05, 0) is 18.2 Å². The second kappa shape index (κ2) is 4.61. The lowest BCUT2D eigenvalue weighted by molar-refractivity contribution is 0.405. The molecule has 0 aliphatic carbocycles. The Kier molecular flexibility index (Phi) is 3.00. The van der Waals surface area contributed by atoms with Gasteiger partial charge in [-0.25, -0.2) is 0 Å². The third-order valence-electron chi connectivity index (χ3n) is 1.95. The zero-order valence-electron chi connectivity index (χ0n) is 8.68. The summed E-state index contributed by atoms with van der Waals surface area (Å²) in [5, 5.41) is 0. The molecular formula is C12H10FNO2. The van der Waals surface area contributed by atoms with Gasteiger partial charge in [-0.2, -0.15) is 9.37 Å². The molecular weight excluding hydrogens is 209 g/mol.